The predicted molar refractivity (Wildman–Crippen MR) is 101 cm³/mol. The molecule has 1 aromatic carbocycles. The summed E-state index contributed by atoms with van der Waals surface area (Å²) in [6.45, 7) is 2.43. The molecule has 0 bridgehead atoms. The van der Waals surface area contributed by atoms with Gasteiger partial charge in [-0.3, -0.25) is 9.97 Å². The molecule has 0 amide bonds. The van der Waals surface area contributed by atoms with E-state index < -0.39 is 0 Å². The maximum absolute atomic E-state index is 13.0. The highest BCUT2D eigenvalue weighted by Crippen LogP contribution is 2.19. The van der Waals surface area contributed by atoms with Crippen LogP contribution in [0.4, 0.5) is 10.2 Å². The van der Waals surface area contributed by atoms with Gasteiger partial charge in [0.2, 0.25) is 0 Å². The molecule has 140 valence electrons. The molecule has 0 atom stereocenters. The maximum atomic E-state index is 13.0. The van der Waals surface area contributed by atoms with Crippen LogP contribution in [0.25, 0.3) is 11.5 Å². The average Bonchev–Trinajstić information content (AvgIpc) is 3.18. The van der Waals surface area contributed by atoms with Crippen molar-refractivity contribution in [3.05, 3.63) is 83.6 Å². The molecule has 0 spiro atoms. The van der Waals surface area contributed by atoms with Crippen LogP contribution in [0, 0.1) is 12.7 Å². The van der Waals surface area contributed by atoms with Gasteiger partial charge in [-0.25, -0.2) is 9.37 Å². The van der Waals surface area contributed by atoms with E-state index in [0.29, 0.717) is 30.5 Å². The summed E-state index contributed by atoms with van der Waals surface area (Å²) in [6.07, 6.45) is 5.59. The van der Waals surface area contributed by atoms with Crippen LogP contribution >= 0.6 is 0 Å². The average molecular weight is 376 g/mol. The molecule has 4 rings (SSSR count). The van der Waals surface area contributed by atoms with Gasteiger partial charge >= 0.3 is 0 Å². The van der Waals surface area contributed by atoms with E-state index in [1.165, 1.54) is 12.1 Å². The summed E-state index contributed by atoms with van der Waals surface area (Å²) < 4.78 is 18.3. The number of hydrogen-bond donors (Lipinski definition) is 1. The fraction of sp³-hybridized carbons (Fsp3) is 0.150. The van der Waals surface area contributed by atoms with Gasteiger partial charge in [0.05, 0.1) is 29.7 Å². The molecule has 0 unspecified atom stereocenters. The summed E-state index contributed by atoms with van der Waals surface area (Å²) in [5, 5.41) is 7.17. The van der Waals surface area contributed by atoms with Crippen molar-refractivity contribution in [2.45, 2.75) is 19.9 Å². The summed E-state index contributed by atoms with van der Waals surface area (Å²) in [5.74, 6) is 1.35. The summed E-state index contributed by atoms with van der Waals surface area (Å²) in [5.41, 5.74) is 3.34. The molecule has 0 aliphatic carbocycles. The van der Waals surface area contributed by atoms with Crippen LogP contribution in [0.1, 0.15) is 22.8 Å². The number of halogens is 1. The number of benzene rings is 1. The Bertz CT molecular complexity index is 1050. The second-order valence-electron chi connectivity index (χ2n) is 6.25. The number of aryl methyl sites for hydroxylation is 1. The van der Waals surface area contributed by atoms with Gasteiger partial charge in [0.15, 0.2) is 5.82 Å². The standard InChI is InChI=1S/C20H17FN6O/c1-13-9-23-17(11-22-13)12-25-18-7-4-15(10-24-18)20-26-19(27-28-20)8-14-2-5-16(21)6-3-14/h2-7,9-11H,8,12H2,1H3,(H,24,25). The molecule has 0 aliphatic heterocycles. The Labute approximate surface area is 160 Å². The fourth-order valence-corrected chi connectivity index (χ4v) is 2.54. The van der Waals surface area contributed by atoms with Crippen molar-refractivity contribution in [3.8, 4) is 11.5 Å². The lowest BCUT2D eigenvalue weighted by Gasteiger charge is -2.05. The Morgan fingerprint density at radius 1 is 0.964 bits per heavy atom. The lowest BCUT2D eigenvalue weighted by molar-refractivity contribution is 0.424. The third-order valence-corrected chi connectivity index (χ3v) is 4.04. The van der Waals surface area contributed by atoms with Crippen LogP contribution in [-0.4, -0.2) is 25.1 Å². The first-order chi connectivity index (χ1) is 13.7. The minimum absolute atomic E-state index is 0.272. The third-order valence-electron chi connectivity index (χ3n) is 4.04. The molecule has 3 aromatic heterocycles. The Balaban J connectivity index is 1.39. The van der Waals surface area contributed by atoms with E-state index in [2.05, 4.69) is 30.4 Å². The second-order valence-corrected chi connectivity index (χ2v) is 6.25. The SMILES string of the molecule is Cc1cnc(CNc2ccc(-c3nc(Cc4ccc(F)cc4)no3)cn2)cn1. The number of anilines is 1. The summed E-state index contributed by atoms with van der Waals surface area (Å²) >= 11 is 0. The van der Waals surface area contributed by atoms with Gasteiger partial charge in [0, 0.05) is 18.8 Å². The van der Waals surface area contributed by atoms with Gasteiger partial charge in [0.25, 0.3) is 5.89 Å². The smallest absolute Gasteiger partial charge is 0.259 e. The van der Waals surface area contributed by atoms with Crippen LogP contribution in [0.15, 0.2) is 59.5 Å². The first-order valence-electron chi connectivity index (χ1n) is 8.70. The molecule has 1 N–H and O–H groups in total. The van der Waals surface area contributed by atoms with Gasteiger partial charge in [-0.05, 0) is 36.8 Å². The fourth-order valence-electron chi connectivity index (χ4n) is 2.54. The number of pyridine rings is 1. The topological polar surface area (TPSA) is 89.6 Å². The molecular formula is C20H17FN6O. The van der Waals surface area contributed by atoms with E-state index in [9.17, 15) is 4.39 Å². The summed E-state index contributed by atoms with van der Waals surface area (Å²) in [7, 11) is 0. The molecule has 8 heteroatoms. The van der Waals surface area contributed by atoms with Crippen LogP contribution in [0.5, 0.6) is 0 Å². The van der Waals surface area contributed by atoms with Gasteiger partial charge < -0.3 is 9.84 Å². The highest BCUT2D eigenvalue weighted by atomic mass is 19.1. The normalized spacial score (nSPS) is 10.8. The van der Waals surface area contributed by atoms with E-state index in [1.807, 2.05) is 19.1 Å². The van der Waals surface area contributed by atoms with Crippen molar-refractivity contribution >= 4 is 5.82 Å². The second kappa shape index (κ2) is 7.91. The number of nitrogens with zero attached hydrogens (tertiary/aromatic N) is 5. The number of nitrogens with one attached hydrogen (secondary N) is 1. The maximum Gasteiger partial charge on any atom is 0.259 e. The van der Waals surface area contributed by atoms with Crippen LogP contribution in [0.3, 0.4) is 0 Å². The number of aromatic nitrogens is 5. The first kappa shape index (κ1) is 17.7. The van der Waals surface area contributed by atoms with Crippen molar-refractivity contribution in [1.29, 1.82) is 0 Å². The Kier molecular flexibility index (Phi) is 5.01. The van der Waals surface area contributed by atoms with Crippen LogP contribution < -0.4 is 5.32 Å². The monoisotopic (exact) mass is 376 g/mol. The third kappa shape index (κ3) is 4.35. The van der Waals surface area contributed by atoms with E-state index in [0.717, 1.165) is 22.5 Å². The van der Waals surface area contributed by atoms with E-state index >= 15 is 0 Å². The molecule has 0 saturated heterocycles. The number of hydrogen-bond acceptors (Lipinski definition) is 7. The summed E-state index contributed by atoms with van der Waals surface area (Å²) in [6, 6.07) is 9.91. The van der Waals surface area contributed by atoms with Crippen molar-refractivity contribution in [1.82, 2.24) is 25.1 Å². The molecule has 4 aromatic rings. The Morgan fingerprint density at radius 2 is 1.82 bits per heavy atom. The molecule has 3 heterocycles. The Morgan fingerprint density at radius 3 is 2.54 bits per heavy atom. The van der Waals surface area contributed by atoms with Crippen molar-refractivity contribution in [2.24, 2.45) is 0 Å². The highest BCUT2D eigenvalue weighted by molar-refractivity contribution is 5.54. The predicted octanol–water partition coefficient (Wildman–Crippen LogP) is 3.57. The lowest BCUT2D eigenvalue weighted by atomic mass is 10.1. The quantitative estimate of drug-likeness (QED) is 0.550. The minimum atomic E-state index is -0.272. The van der Waals surface area contributed by atoms with Gasteiger partial charge in [-0.15, -0.1) is 0 Å². The lowest BCUT2D eigenvalue weighted by Crippen LogP contribution is -2.03. The van der Waals surface area contributed by atoms with Gasteiger partial charge in [0.1, 0.15) is 11.6 Å². The molecule has 0 aliphatic rings. The van der Waals surface area contributed by atoms with E-state index in [1.54, 1.807) is 30.7 Å². The molecule has 0 fully saturated rings. The zero-order valence-electron chi connectivity index (χ0n) is 15.1. The zero-order valence-corrected chi connectivity index (χ0v) is 15.1. The van der Waals surface area contributed by atoms with Crippen LogP contribution in [0.2, 0.25) is 0 Å². The molecule has 28 heavy (non-hydrogen) atoms. The van der Waals surface area contributed by atoms with Crippen molar-refractivity contribution in [2.75, 3.05) is 5.32 Å². The molecule has 7 nitrogen and oxygen atoms in total. The van der Waals surface area contributed by atoms with E-state index in [4.69, 9.17) is 4.52 Å². The zero-order chi connectivity index (χ0) is 19.3. The van der Waals surface area contributed by atoms with Crippen molar-refractivity contribution in [3.63, 3.8) is 0 Å². The first-order valence-corrected chi connectivity index (χ1v) is 8.70. The molecule has 0 radical (unpaired) electrons. The molecule has 0 saturated carbocycles. The molecular weight excluding hydrogens is 359 g/mol. The van der Waals surface area contributed by atoms with E-state index in [-0.39, 0.29) is 5.82 Å². The summed E-state index contributed by atoms with van der Waals surface area (Å²) in [4.78, 5) is 17.2. The Hall–Kier alpha value is -3.68. The van der Waals surface area contributed by atoms with Crippen molar-refractivity contribution < 1.29 is 8.91 Å². The van der Waals surface area contributed by atoms with Gasteiger partial charge in [-0.1, -0.05) is 17.3 Å². The van der Waals surface area contributed by atoms with Crippen LogP contribution in [-0.2, 0) is 13.0 Å². The largest absolute Gasteiger partial charge is 0.364 e. The minimum Gasteiger partial charge on any atom is -0.364 e. The van der Waals surface area contributed by atoms with Gasteiger partial charge in [-0.2, -0.15) is 4.98 Å². The highest BCUT2D eigenvalue weighted by Gasteiger charge is 2.10. The number of rotatable bonds is 6.